The molecule has 2 nitrogen and oxygen atoms in total. The summed E-state index contributed by atoms with van der Waals surface area (Å²) in [6, 6.07) is 6.97. The van der Waals surface area contributed by atoms with Gasteiger partial charge in [-0.15, -0.1) is 0 Å². The maximum absolute atomic E-state index is 13.7. The predicted octanol–water partition coefficient (Wildman–Crippen LogP) is 5.05. The lowest BCUT2D eigenvalue weighted by Crippen LogP contribution is -2.15. The summed E-state index contributed by atoms with van der Waals surface area (Å²) in [7, 11) is 0. The zero-order chi connectivity index (χ0) is 14.9. The summed E-state index contributed by atoms with van der Waals surface area (Å²) in [5, 5.41) is 2.51. The Kier molecular flexibility index (Phi) is 4.55. The zero-order valence-corrected chi connectivity index (χ0v) is 13.5. The molecule has 0 bridgehead atoms. The van der Waals surface area contributed by atoms with Crippen molar-refractivity contribution in [2.75, 3.05) is 5.32 Å². The van der Waals surface area contributed by atoms with Gasteiger partial charge < -0.3 is 5.32 Å². The van der Waals surface area contributed by atoms with E-state index in [0.29, 0.717) is 20.2 Å². The van der Waals surface area contributed by atoms with Crippen LogP contribution in [-0.4, -0.2) is 5.91 Å². The Morgan fingerprint density at radius 2 is 1.80 bits per heavy atom. The Bertz CT molecular complexity index is 669. The van der Waals surface area contributed by atoms with E-state index in [9.17, 15) is 13.6 Å². The first kappa shape index (κ1) is 15.1. The monoisotopic (exact) mass is 403 g/mol. The van der Waals surface area contributed by atoms with Gasteiger partial charge in [0.25, 0.3) is 5.91 Å². The maximum Gasteiger partial charge on any atom is 0.259 e. The van der Waals surface area contributed by atoms with E-state index in [1.54, 1.807) is 19.1 Å². The Balaban J connectivity index is 2.35. The summed E-state index contributed by atoms with van der Waals surface area (Å²) in [6.07, 6.45) is 0. The lowest BCUT2D eigenvalue weighted by atomic mass is 10.1. The molecule has 0 aromatic heterocycles. The molecule has 1 amide bonds. The molecule has 6 heteroatoms. The van der Waals surface area contributed by atoms with E-state index >= 15 is 0 Å². The largest absolute Gasteiger partial charge is 0.322 e. The van der Waals surface area contributed by atoms with Crippen LogP contribution in [0.5, 0.6) is 0 Å². The first-order chi connectivity index (χ1) is 9.40. The van der Waals surface area contributed by atoms with E-state index in [2.05, 4.69) is 37.2 Å². The van der Waals surface area contributed by atoms with Gasteiger partial charge >= 0.3 is 0 Å². The number of nitrogens with one attached hydrogen (secondary N) is 1. The second kappa shape index (κ2) is 6.01. The Morgan fingerprint density at radius 1 is 1.10 bits per heavy atom. The second-order valence-corrected chi connectivity index (χ2v) is 5.84. The van der Waals surface area contributed by atoms with Crippen molar-refractivity contribution in [1.29, 1.82) is 0 Å². The molecule has 104 valence electrons. The summed E-state index contributed by atoms with van der Waals surface area (Å²) in [4.78, 5) is 12.1. The van der Waals surface area contributed by atoms with Crippen LogP contribution in [0.4, 0.5) is 14.5 Å². The topological polar surface area (TPSA) is 29.1 Å². The van der Waals surface area contributed by atoms with Gasteiger partial charge in [-0.3, -0.25) is 4.79 Å². The number of anilines is 1. The maximum atomic E-state index is 13.7. The molecule has 0 saturated carbocycles. The minimum Gasteiger partial charge on any atom is -0.322 e. The highest BCUT2D eigenvalue weighted by molar-refractivity contribution is 9.10. The quantitative estimate of drug-likeness (QED) is 0.745. The fourth-order valence-electron chi connectivity index (χ4n) is 1.68. The molecule has 0 saturated heterocycles. The number of hydrogen-bond donors (Lipinski definition) is 1. The van der Waals surface area contributed by atoms with Gasteiger partial charge in [-0.1, -0.05) is 6.07 Å². The van der Waals surface area contributed by atoms with E-state index in [-0.39, 0.29) is 5.56 Å². The molecule has 1 N–H and O–H groups in total. The highest BCUT2D eigenvalue weighted by Crippen LogP contribution is 2.26. The molecular formula is C14H9Br2F2NO. The SMILES string of the molecule is Cc1cc(Br)c(F)cc1NC(=O)c1c(F)cccc1Br. The molecule has 2 aromatic carbocycles. The number of rotatable bonds is 2. The third-order valence-electron chi connectivity index (χ3n) is 2.71. The average Bonchev–Trinajstić information content (AvgIpc) is 2.35. The van der Waals surface area contributed by atoms with Crippen LogP contribution in [-0.2, 0) is 0 Å². The lowest BCUT2D eigenvalue weighted by Gasteiger charge is -2.11. The second-order valence-electron chi connectivity index (χ2n) is 4.13. The summed E-state index contributed by atoms with van der Waals surface area (Å²) in [5.41, 5.74) is 0.847. The minimum absolute atomic E-state index is 0.116. The zero-order valence-electron chi connectivity index (χ0n) is 10.3. The normalized spacial score (nSPS) is 10.4. The van der Waals surface area contributed by atoms with Crippen molar-refractivity contribution in [1.82, 2.24) is 0 Å². The fourth-order valence-corrected chi connectivity index (χ4v) is 2.66. The van der Waals surface area contributed by atoms with Gasteiger partial charge in [0, 0.05) is 10.2 Å². The van der Waals surface area contributed by atoms with Gasteiger partial charge in [0.2, 0.25) is 0 Å². The molecular weight excluding hydrogens is 396 g/mol. The van der Waals surface area contributed by atoms with Crippen molar-refractivity contribution < 1.29 is 13.6 Å². The molecule has 0 aliphatic carbocycles. The van der Waals surface area contributed by atoms with Crippen LogP contribution in [0.3, 0.4) is 0 Å². The number of amides is 1. The van der Waals surface area contributed by atoms with Crippen molar-refractivity contribution in [3.63, 3.8) is 0 Å². The van der Waals surface area contributed by atoms with Crippen LogP contribution < -0.4 is 5.32 Å². The molecule has 0 fully saturated rings. The highest BCUT2D eigenvalue weighted by Gasteiger charge is 2.17. The third-order valence-corrected chi connectivity index (χ3v) is 3.97. The Labute approximate surface area is 131 Å². The lowest BCUT2D eigenvalue weighted by molar-refractivity contribution is 0.102. The molecule has 2 rings (SSSR count). The molecule has 20 heavy (non-hydrogen) atoms. The van der Waals surface area contributed by atoms with Gasteiger partial charge in [0.05, 0.1) is 10.0 Å². The first-order valence-electron chi connectivity index (χ1n) is 5.61. The van der Waals surface area contributed by atoms with E-state index in [0.717, 1.165) is 0 Å². The summed E-state index contributed by atoms with van der Waals surface area (Å²) in [6.45, 7) is 1.72. The summed E-state index contributed by atoms with van der Waals surface area (Å²) >= 11 is 6.18. The van der Waals surface area contributed by atoms with E-state index < -0.39 is 17.5 Å². The number of carbonyl (C=O) groups excluding carboxylic acids is 1. The Morgan fingerprint density at radius 3 is 2.45 bits per heavy atom. The van der Waals surface area contributed by atoms with Crippen molar-refractivity contribution in [2.45, 2.75) is 6.92 Å². The third kappa shape index (κ3) is 3.07. The van der Waals surface area contributed by atoms with Crippen molar-refractivity contribution in [2.24, 2.45) is 0 Å². The number of benzene rings is 2. The van der Waals surface area contributed by atoms with Crippen LogP contribution in [0, 0.1) is 18.6 Å². The number of halogens is 4. The van der Waals surface area contributed by atoms with Gasteiger partial charge in [-0.25, -0.2) is 8.78 Å². The van der Waals surface area contributed by atoms with E-state index in [4.69, 9.17) is 0 Å². The molecule has 0 atom stereocenters. The van der Waals surface area contributed by atoms with Crippen molar-refractivity contribution >= 4 is 43.5 Å². The summed E-state index contributed by atoms with van der Waals surface area (Å²) < 4.78 is 27.8. The van der Waals surface area contributed by atoms with Crippen LogP contribution in [0.15, 0.2) is 39.3 Å². The number of hydrogen-bond acceptors (Lipinski definition) is 1. The van der Waals surface area contributed by atoms with E-state index in [1.807, 2.05) is 0 Å². The molecule has 0 heterocycles. The minimum atomic E-state index is -0.646. The molecule has 0 aliphatic heterocycles. The number of aryl methyl sites for hydroxylation is 1. The first-order valence-corrected chi connectivity index (χ1v) is 7.19. The van der Waals surface area contributed by atoms with Crippen LogP contribution in [0.25, 0.3) is 0 Å². The molecule has 0 aliphatic rings. The van der Waals surface area contributed by atoms with Crippen LogP contribution >= 0.6 is 31.9 Å². The standard InChI is InChI=1S/C14H9Br2F2NO/c1-7-5-9(16)11(18)6-12(7)19-14(20)13-8(15)3-2-4-10(13)17/h2-6H,1H3,(H,19,20). The van der Waals surface area contributed by atoms with Crippen LogP contribution in [0.1, 0.15) is 15.9 Å². The highest BCUT2D eigenvalue weighted by atomic mass is 79.9. The smallest absolute Gasteiger partial charge is 0.259 e. The molecule has 0 unspecified atom stereocenters. The fraction of sp³-hybridized carbons (Fsp3) is 0.0714. The van der Waals surface area contributed by atoms with Gasteiger partial charge in [0.15, 0.2) is 0 Å². The van der Waals surface area contributed by atoms with E-state index in [1.165, 1.54) is 18.2 Å². The van der Waals surface area contributed by atoms with Crippen molar-refractivity contribution in [3.05, 3.63) is 62.0 Å². The Hall–Kier alpha value is -1.27. The predicted molar refractivity (Wildman–Crippen MR) is 80.9 cm³/mol. The summed E-state index contributed by atoms with van der Waals surface area (Å²) in [5.74, 6) is -1.79. The molecule has 2 aromatic rings. The van der Waals surface area contributed by atoms with Gasteiger partial charge in [-0.05, 0) is 68.6 Å². The molecule has 0 spiro atoms. The molecule has 0 radical (unpaired) electrons. The average molecular weight is 405 g/mol. The number of carbonyl (C=O) groups is 1. The van der Waals surface area contributed by atoms with Crippen LogP contribution in [0.2, 0.25) is 0 Å². The van der Waals surface area contributed by atoms with Gasteiger partial charge in [-0.2, -0.15) is 0 Å². The van der Waals surface area contributed by atoms with Gasteiger partial charge in [0.1, 0.15) is 11.6 Å². The van der Waals surface area contributed by atoms with Crippen molar-refractivity contribution in [3.8, 4) is 0 Å².